The van der Waals surface area contributed by atoms with E-state index in [0.29, 0.717) is 0 Å². The summed E-state index contributed by atoms with van der Waals surface area (Å²) in [5.74, 6) is 0. The number of nitrogens with zero attached hydrogens (tertiary/aromatic N) is 1. The van der Waals surface area contributed by atoms with Crippen LogP contribution in [0.1, 0.15) is 18.4 Å². The summed E-state index contributed by atoms with van der Waals surface area (Å²) >= 11 is 0. The van der Waals surface area contributed by atoms with Crippen LogP contribution in [-0.2, 0) is 10.0 Å². The lowest BCUT2D eigenvalue weighted by Crippen LogP contribution is -2.11. The molecule has 92 valence electrons. The van der Waals surface area contributed by atoms with Crippen molar-refractivity contribution < 1.29 is 8.42 Å². The van der Waals surface area contributed by atoms with Crippen LogP contribution in [0.4, 0.5) is 0 Å². The zero-order chi connectivity index (χ0) is 12.3. The third kappa shape index (κ3) is 3.31. The van der Waals surface area contributed by atoms with E-state index in [1.807, 2.05) is 6.08 Å². The number of benzene rings is 1. The van der Waals surface area contributed by atoms with E-state index in [1.165, 1.54) is 25.0 Å². The van der Waals surface area contributed by atoms with Crippen LogP contribution in [0.2, 0.25) is 0 Å². The lowest BCUT2D eigenvalue weighted by Gasteiger charge is -2.09. The lowest BCUT2D eigenvalue weighted by molar-refractivity contribution is 0.471. The molecule has 1 aliphatic rings. The molecule has 4 nitrogen and oxygen atoms in total. The Morgan fingerprint density at radius 3 is 2.24 bits per heavy atom. The number of sulfonamides is 1. The highest BCUT2D eigenvalue weighted by Gasteiger charge is 2.07. The van der Waals surface area contributed by atoms with Gasteiger partial charge >= 0.3 is 0 Å². The van der Waals surface area contributed by atoms with Crippen LogP contribution in [-0.4, -0.2) is 26.4 Å². The third-order valence-corrected chi connectivity index (χ3v) is 3.76. The van der Waals surface area contributed by atoms with E-state index in [0.717, 1.165) is 18.7 Å². The van der Waals surface area contributed by atoms with Crippen molar-refractivity contribution in [3.63, 3.8) is 0 Å². The van der Waals surface area contributed by atoms with E-state index in [-0.39, 0.29) is 4.90 Å². The summed E-state index contributed by atoms with van der Waals surface area (Å²) in [5.41, 5.74) is 0.976. The number of rotatable bonds is 3. The Hall–Kier alpha value is -1.33. The second-order valence-corrected chi connectivity index (χ2v) is 5.73. The van der Waals surface area contributed by atoms with Crippen molar-refractivity contribution in [1.29, 1.82) is 0 Å². The van der Waals surface area contributed by atoms with Crippen LogP contribution in [0, 0.1) is 0 Å². The molecule has 1 saturated heterocycles. The maximum absolute atomic E-state index is 11.1. The third-order valence-electron chi connectivity index (χ3n) is 2.83. The average Bonchev–Trinajstić information content (AvgIpc) is 2.78. The molecule has 2 N–H and O–H groups in total. The Morgan fingerprint density at radius 2 is 1.71 bits per heavy atom. The number of hydrogen-bond donors (Lipinski definition) is 1. The summed E-state index contributed by atoms with van der Waals surface area (Å²) in [6.45, 7) is 2.21. The molecule has 1 heterocycles. The largest absolute Gasteiger partial charge is 0.377 e. The van der Waals surface area contributed by atoms with E-state index in [1.54, 1.807) is 12.1 Å². The Balaban J connectivity index is 2.08. The normalized spacial score (nSPS) is 16.9. The molecule has 1 aromatic rings. The molecule has 0 aromatic heterocycles. The fourth-order valence-corrected chi connectivity index (χ4v) is 2.37. The van der Waals surface area contributed by atoms with Crippen LogP contribution < -0.4 is 5.14 Å². The quantitative estimate of drug-likeness (QED) is 0.884. The van der Waals surface area contributed by atoms with E-state index in [2.05, 4.69) is 11.1 Å². The highest BCUT2D eigenvalue weighted by atomic mass is 32.2. The number of primary sulfonamides is 1. The van der Waals surface area contributed by atoms with E-state index >= 15 is 0 Å². The van der Waals surface area contributed by atoms with Crippen molar-refractivity contribution in [2.75, 3.05) is 13.1 Å². The van der Waals surface area contributed by atoms with Crippen LogP contribution in [0.3, 0.4) is 0 Å². The topological polar surface area (TPSA) is 63.4 Å². The number of nitrogens with two attached hydrogens (primary N) is 1. The van der Waals surface area contributed by atoms with Crippen molar-refractivity contribution in [1.82, 2.24) is 4.90 Å². The first kappa shape index (κ1) is 12.1. The maximum atomic E-state index is 11.1. The first-order chi connectivity index (χ1) is 8.05. The molecule has 0 bridgehead atoms. The monoisotopic (exact) mass is 252 g/mol. The molecular weight excluding hydrogens is 236 g/mol. The molecule has 5 heteroatoms. The van der Waals surface area contributed by atoms with Gasteiger partial charge in [0.15, 0.2) is 0 Å². The lowest BCUT2D eigenvalue weighted by atomic mass is 10.2. The second-order valence-electron chi connectivity index (χ2n) is 4.17. The summed E-state index contributed by atoms with van der Waals surface area (Å²) in [6.07, 6.45) is 6.53. The molecule has 0 radical (unpaired) electrons. The predicted octanol–water partition coefficient (Wildman–Crippen LogP) is 1.40. The molecule has 2 rings (SSSR count). The molecule has 1 aromatic carbocycles. The van der Waals surface area contributed by atoms with Crippen molar-refractivity contribution in [3.8, 4) is 0 Å². The molecule has 0 unspecified atom stereocenters. The molecule has 0 aliphatic carbocycles. The van der Waals surface area contributed by atoms with Gasteiger partial charge in [-0.05, 0) is 42.8 Å². The zero-order valence-electron chi connectivity index (χ0n) is 9.54. The van der Waals surface area contributed by atoms with Gasteiger partial charge in [0.25, 0.3) is 0 Å². The van der Waals surface area contributed by atoms with Gasteiger partial charge in [-0.2, -0.15) is 0 Å². The average molecular weight is 252 g/mol. The van der Waals surface area contributed by atoms with Gasteiger partial charge in [-0.15, -0.1) is 0 Å². The Bertz CT molecular complexity index is 500. The summed E-state index contributed by atoms with van der Waals surface area (Å²) in [4.78, 5) is 2.41. The van der Waals surface area contributed by atoms with Crippen LogP contribution in [0.5, 0.6) is 0 Å². The van der Waals surface area contributed by atoms with Gasteiger partial charge in [0, 0.05) is 13.1 Å². The highest BCUT2D eigenvalue weighted by Crippen LogP contribution is 2.12. The molecule has 1 aliphatic heterocycles. The van der Waals surface area contributed by atoms with Crippen LogP contribution in [0.25, 0.3) is 6.08 Å². The molecule has 0 saturated carbocycles. The van der Waals surface area contributed by atoms with E-state index in [4.69, 9.17) is 5.14 Å². The number of hydrogen-bond acceptors (Lipinski definition) is 3. The highest BCUT2D eigenvalue weighted by molar-refractivity contribution is 7.89. The van der Waals surface area contributed by atoms with Crippen molar-refractivity contribution >= 4 is 16.1 Å². The minimum atomic E-state index is -3.58. The van der Waals surface area contributed by atoms with E-state index < -0.39 is 10.0 Å². The van der Waals surface area contributed by atoms with Gasteiger partial charge < -0.3 is 4.90 Å². The standard InChI is InChI=1S/C12H16N2O2S/c13-17(15,16)12-5-3-11(4-6-12)7-10-14-8-1-2-9-14/h3-7,10H,1-2,8-9H2,(H2,13,15,16)/b10-7+. The fraction of sp³-hybridized carbons (Fsp3) is 0.333. The molecule has 0 atom stereocenters. The van der Waals surface area contributed by atoms with Crippen molar-refractivity contribution in [3.05, 3.63) is 36.0 Å². The summed E-state index contributed by atoms with van der Waals surface area (Å²) < 4.78 is 22.1. The molecule has 17 heavy (non-hydrogen) atoms. The van der Waals surface area contributed by atoms with E-state index in [9.17, 15) is 8.42 Å². The second kappa shape index (κ2) is 4.89. The molecular formula is C12H16N2O2S. The molecule has 0 amide bonds. The van der Waals surface area contributed by atoms with Crippen molar-refractivity contribution in [2.45, 2.75) is 17.7 Å². The van der Waals surface area contributed by atoms with Crippen LogP contribution in [0.15, 0.2) is 35.4 Å². The fourth-order valence-electron chi connectivity index (χ4n) is 1.85. The minimum absolute atomic E-state index is 0.149. The minimum Gasteiger partial charge on any atom is -0.377 e. The summed E-state index contributed by atoms with van der Waals surface area (Å²) in [5, 5.41) is 5.03. The van der Waals surface area contributed by atoms with Gasteiger partial charge in [-0.1, -0.05) is 12.1 Å². The van der Waals surface area contributed by atoms with Crippen LogP contribution >= 0.6 is 0 Å². The Morgan fingerprint density at radius 1 is 1.12 bits per heavy atom. The van der Waals surface area contributed by atoms with Gasteiger partial charge in [0.05, 0.1) is 4.90 Å². The smallest absolute Gasteiger partial charge is 0.238 e. The molecule has 0 spiro atoms. The van der Waals surface area contributed by atoms with Gasteiger partial charge in [0.1, 0.15) is 0 Å². The molecule has 1 fully saturated rings. The Labute approximate surface area is 102 Å². The predicted molar refractivity (Wildman–Crippen MR) is 67.7 cm³/mol. The zero-order valence-corrected chi connectivity index (χ0v) is 10.4. The summed E-state index contributed by atoms with van der Waals surface area (Å²) in [7, 11) is -3.58. The first-order valence-corrected chi connectivity index (χ1v) is 7.15. The Kier molecular flexibility index (Phi) is 3.49. The summed E-state index contributed by atoms with van der Waals surface area (Å²) in [6, 6.07) is 6.57. The van der Waals surface area contributed by atoms with Crippen molar-refractivity contribution in [2.24, 2.45) is 5.14 Å². The number of likely N-dealkylation sites (tertiary alicyclic amines) is 1. The maximum Gasteiger partial charge on any atom is 0.238 e. The van der Waals surface area contributed by atoms with Gasteiger partial charge in [-0.3, -0.25) is 0 Å². The first-order valence-electron chi connectivity index (χ1n) is 5.61. The van der Waals surface area contributed by atoms with Gasteiger partial charge in [-0.25, -0.2) is 13.6 Å². The van der Waals surface area contributed by atoms with Gasteiger partial charge in [0.2, 0.25) is 10.0 Å². The SMILES string of the molecule is NS(=O)(=O)c1ccc(/C=C/N2CCCC2)cc1.